The molecule has 10 heteroatoms. The van der Waals surface area contributed by atoms with Crippen molar-refractivity contribution in [2.75, 3.05) is 6.16 Å². The van der Waals surface area contributed by atoms with Gasteiger partial charge in [0.25, 0.3) is 0 Å². The van der Waals surface area contributed by atoms with Crippen LogP contribution in [-0.4, -0.2) is 71.9 Å². The predicted octanol–water partition coefficient (Wildman–Crippen LogP) is -3.31. The van der Waals surface area contributed by atoms with Gasteiger partial charge in [-0.25, -0.2) is 4.79 Å². The summed E-state index contributed by atoms with van der Waals surface area (Å²) in [5, 5.41) is 44.2. The number of aliphatic hydroxyl groups is 4. The third kappa shape index (κ3) is 4.99. The summed E-state index contributed by atoms with van der Waals surface area (Å²) in [6.45, 7) is 0. The summed E-state index contributed by atoms with van der Waals surface area (Å²) in [5.74, 6) is -1.84. The van der Waals surface area contributed by atoms with Crippen molar-refractivity contribution in [1.82, 2.24) is 0 Å². The lowest BCUT2D eigenvalue weighted by Crippen LogP contribution is -2.48. The zero-order valence-electron chi connectivity index (χ0n) is 7.91. The molecule has 0 amide bonds. The van der Waals surface area contributed by atoms with E-state index in [-0.39, 0.29) is 0 Å². The van der Waals surface area contributed by atoms with E-state index in [9.17, 15) is 9.36 Å². The van der Waals surface area contributed by atoms with Crippen LogP contribution in [0.2, 0.25) is 0 Å². The summed E-state index contributed by atoms with van der Waals surface area (Å²) < 4.78 is 10.4. The maximum absolute atomic E-state index is 10.4. The van der Waals surface area contributed by atoms with Crippen LogP contribution in [-0.2, 0) is 9.36 Å². The number of aliphatic carboxylic acids is 1. The Labute approximate surface area is 89.7 Å². The van der Waals surface area contributed by atoms with Gasteiger partial charge in [0.15, 0.2) is 6.10 Å². The van der Waals surface area contributed by atoms with Crippen LogP contribution in [0.15, 0.2) is 0 Å². The van der Waals surface area contributed by atoms with Crippen molar-refractivity contribution in [3.8, 4) is 0 Å². The van der Waals surface area contributed by atoms with Crippen molar-refractivity contribution in [3.05, 3.63) is 0 Å². The zero-order chi connectivity index (χ0) is 13.1. The van der Waals surface area contributed by atoms with Crippen molar-refractivity contribution in [2.45, 2.75) is 24.4 Å². The highest BCUT2D eigenvalue weighted by Crippen LogP contribution is 2.35. The summed E-state index contributed by atoms with van der Waals surface area (Å²) in [5.41, 5.74) is 0. The third-order valence-corrected chi connectivity index (χ3v) is 2.60. The molecule has 0 aromatic rings. The van der Waals surface area contributed by atoms with Crippen LogP contribution >= 0.6 is 7.60 Å². The molecule has 0 unspecified atom stereocenters. The predicted molar refractivity (Wildman–Crippen MR) is 48.6 cm³/mol. The van der Waals surface area contributed by atoms with Gasteiger partial charge in [-0.1, -0.05) is 0 Å². The first-order valence-corrected chi connectivity index (χ1v) is 5.85. The molecule has 7 N–H and O–H groups in total. The molecule has 96 valence electrons. The van der Waals surface area contributed by atoms with Gasteiger partial charge in [-0.2, -0.15) is 0 Å². The van der Waals surface area contributed by atoms with Gasteiger partial charge in [0, 0.05) is 0 Å². The molecule has 0 bridgehead atoms. The van der Waals surface area contributed by atoms with Gasteiger partial charge in [-0.05, 0) is 0 Å². The minimum atomic E-state index is -4.62. The fourth-order valence-corrected chi connectivity index (χ4v) is 1.62. The van der Waals surface area contributed by atoms with Crippen LogP contribution in [0.1, 0.15) is 0 Å². The largest absolute Gasteiger partial charge is 0.479 e. The van der Waals surface area contributed by atoms with Crippen molar-refractivity contribution >= 4 is 13.6 Å². The molecule has 0 spiro atoms. The smallest absolute Gasteiger partial charge is 0.335 e. The molecule has 0 heterocycles. The van der Waals surface area contributed by atoms with E-state index >= 15 is 0 Å². The summed E-state index contributed by atoms with van der Waals surface area (Å²) in [6, 6.07) is 0. The minimum Gasteiger partial charge on any atom is -0.479 e. The molecule has 0 saturated carbocycles. The molecule has 9 nitrogen and oxygen atoms in total. The van der Waals surface area contributed by atoms with Gasteiger partial charge in [0.05, 0.1) is 12.3 Å². The van der Waals surface area contributed by atoms with Gasteiger partial charge in [-0.3, -0.25) is 4.57 Å². The highest BCUT2D eigenvalue weighted by Gasteiger charge is 2.36. The van der Waals surface area contributed by atoms with E-state index in [1.807, 2.05) is 0 Å². The zero-order valence-corrected chi connectivity index (χ0v) is 8.81. The fraction of sp³-hybridized carbons (Fsp3) is 0.833. The van der Waals surface area contributed by atoms with E-state index in [0.29, 0.717) is 0 Å². The molecule has 0 radical (unpaired) electrons. The first kappa shape index (κ1) is 15.5. The van der Waals surface area contributed by atoms with Crippen LogP contribution in [0.4, 0.5) is 0 Å². The van der Waals surface area contributed by atoms with Crippen LogP contribution in [0.5, 0.6) is 0 Å². The molecule has 0 saturated heterocycles. The average molecular weight is 260 g/mol. The molecule has 0 aliphatic carbocycles. The Morgan fingerprint density at radius 2 is 1.50 bits per heavy atom. The maximum Gasteiger partial charge on any atom is 0.335 e. The second kappa shape index (κ2) is 5.69. The second-order valence-corrected chi connectivity index (χ2v) is 4.87. The van der Waals surface area contributed by atoms with E-state index in [0.717, 1.165) is 0 Å². The van der Waals surface area contributed by atoms with E-state index in [1.54, 1.807) is 0 Å². The van der Waals surface area contributed by atoms with E-state index in [1.165, 1.54) is 0 Å². The topological polar surface area (TPSA) is 176 Å². The molecule has 0 aromatic heterocycles. The van der Waals surface area contributed by atoms with Gasteiger partial charge in [0.1, 0.15) is 12.2 Å². The summed E-state index contributed by atoms with van der Waals surface area (Å²) in [4.78, 5) is 27.1. The molecular weight excluding hydrogens is 247 g/mol. The first-order chi connectivity index (χ1) is 7.06. The van der Waals surface area contributed by atoms with Crippen LogP contribution < -0.4 is 0 Å². The van der Waals surface area contributed by atoms with E-state index in [2.05, 4.69) is 0 Å². The van der Waals surface area contributed by atoms with Gasteiger partial charge >= 0.3 is 13.6 Å². The van der Waals surface area contributed by atoms with Crippen LogP contribution in [0.25, 0.3) is 0 Å². The number of carboxylic acids is 1. The lowest BCUT2D eigenvalue weighted by molar-refractivity contribution is -0.162. The van der Waals surface area contributed by atoms with Crippen molar-refractivity contribution in [3.63, 3.8) is 0 Å². The Hall–Kier alpha value is -0.540. The normalized spacial score (nSPS) is 19.9. The Morgan fingerprint density at radius 1 is 1.06 bits per heavy atom. The SMILES string of the molecule is O=C(O)[C@H](O)[C@@H](O)[C@H](O)[C@H](O)CP(=O)(O)O. The number of rotatable bonds is 6. The van der Waals surface area contributed by atoms with E-state index < -0.39 is 44.1 Å². The molecule has 0 fully saturated rings. The summed E-state index contributed by atoms with van der Waals surface area (Å²) in [7, 11) is -4.62. The standard InChI is InChI=1S/C6H13O9P/c7-2(1-16(13,14)15)3(8)4(9)5(10)6(11)12/h2-5,7-10H,1H2,(H,11,12)(H2,13,14,15)/t2-,3-,4+,5-/m1/s1. The van der Waals surface area contributed by atoms with Gasteiger partial charge in [0.2, 0.25) is 0 Å². The van der Waals surface area contributed by atoms with Crippen molar-refractivity contribution in [1.29, 1.82) is 0 Å². The van der Waals surface area contributed by atoms with Crippen molar-refractivity contribution < 1.29 is 44.7 Å². The number of carbonyl (C=O) groups is 1. The average Bonchev–Trinajstić information content (AvgIpc) is 2.11. The number of carboxylic acid groups (broad SMARTS) is 1. The van der Waals surface area contributed by atoms with Crippen LogP contribution in [0, 0.1) is 0 Å². The molecule has 0 aliphatic rings. The quantitative estimate of drug-likeness (QED) is 0.241. The lowest BCUT2D eigenvalue weighted by atomic mass is 10.0. The molecule has 0 aromatic carbocycles. The first-order valence-electron chi connectivity index (χ1n) is 4.06. The van der Waals surface area contributed by atoms with Gasteiger partial charge < -0.3 is 35.3 Å². The Balaban J connectivity index is 4.49. The van der Waals surface area contributed by atoms with Gasteiger partial charge in [-0.15, -0.1) is 0 Å². The minimum absolute atomic E-state index is 1.16. The number of hydrogen-bond donors (Lipinski definition) is 7. The monoisotopic (exact) mass is 260 g/mol. The molecule has 4 atom stereocenters. The number of hydrogen-bond acceptors (Lipinski definition) is 6. The highest BCUT2D eigenvalue weighted by atomic mass is 31.2. The number of aliphatic hydroxyl groups excluding tert-OH is 4. The molecule has 0 aliphatic heterocycles. The Morgan fingerprint density at radius 3 is 1.81 bits per heavy atom. The van der Waals surface area contributed by atoms with E-state index in [4.69, 9.17) is 35.3 Å². The highest BCUT2D eigenvalue weighted by molar-refractivity contribution is 7.51. The maximum atomic E-state index is 10.4. The molecule has 0 rings (SSSR count). The third-order valence-electron chi connectivity index (χ3n) is 1.75. The van der Waals surface area contributed by atoms with Crippen LogP contribution in [0.3, 0.4) is 0 Å². The summed E-state index contributed by atoms with van der Waals surface area (Å²) >= 11 is 0. The molecule has 16 heavy (non-hydrogen) atoms. The Bertz CT molecular complexity index is 286. The Kier molecular flexibility index (Phi) is 5.50. The lowest BCUT2D eigenvalue weighted by Gasteiger charge is -2.24. The fourth-order valence-electron chi connectivity index (χ4n) is 0.912. The molecular formula is C6H13O9P. The second-order valence-electron chi connectivity index (χ2n) is 3.18. The summed E-state index contributed by atoms with van der Waals surface area (Å²) in [6.07, 6.45) is -10.00. The van der Waals surface area contributed by atoms with Crippen molar-refractivity contribution in [2.24, 2.45) is 0 Å².